The highest BCUT2D eigenvalue weighted by atomic mass is 32.4. The van der Waals surface area contributed by atoms with Crippen LogP contribution in [0.3, 0.4) is 0 Å². The summed E-state index contributed by atoms with van der Waals surface area (Å²) < 4.78 is 0. The molecule has 0 aromatic rings. The molecular formula is C9H18NO5PS. The number of rotatable bonds is 9. The summed E-state index contributed by atoms with van der Waals surface area (Å²) in [5, 5.41) is 19.9. The number of nitrogens with one attached hydrogen (secondary N) is 1. The van der Waals surface area contributed by atoms with Crippen molar-refractivity contribution in [3.63, 3.8) is 0 Å². The molecule has 0 fully saturated rings. The maximum Gasteiger partial charge on any atom is 0.321 e. The quantitative estimate of drug-likeness (QED) is 0.467. The van der Waals surface area contributed by atoms with Crippen molar-refractivity contribution in [3.8, 4) is 0 Å². The Bertz CT molecular complexity index is 323. The number of unbranched alkanes of at least 4 members (excludes halogenated alkanes) is 1. The topological polar surface area (TPSA) is 107 Å². The van der Waals surface area contributed by atoms with Gasteiger partial charge in [0.2, 0.25) is 0 Å². The van der Waals surface area contributed by atoms with Gasteiger partial charge in [-0.3, -0.25) is 14.7 Å². The fourth-order valence-electron chi connectivity index (χ4n) is 1.19. The van der Waals surface area contributed by atoms with Crippen LogP contribution >= 0.6 is 6.42 Å². The minimum atomic E-state index is -2.87. The van der Waals surface area contributed by atoms with Crippen LogP contribution in [0.4, 0.5) is 0 Å². The molecule has 0 saturated carbocycles. The van der Waals surface area contributed by atoms with Gasteiger partial charge < -0.3 is 15.1 Å². The lowest BCUT2D eigenvalue weighted by Crippen LogP contribution is -2.35. The Balaban J connectivity index is 4.37. The van der Waals surface area contributed by atoms with Crippen LogP contribution in [0.5, 0.6) is 0 Å². The minimum absolute atomic E-state index is 0.0876. The summed E-state index contributed by atoms with van der Waals surface area (Å²) in [6.07, 6.45) is -1.30. The normalized spacial score (nSPS) is 16.1. The molecule has 0 amide bonds. The van der Waals surface area contributed by atoms with Crippen molar-refractivity contribution in [1.82, 2.24) is 5.09 Å². The van der Waals surface area contributed by atoms with E-state index in [-0.39, 0.29) is 12.8 Å². The number of hydrogen-bond donors (Lipinski definition) is 4. The summed E-state index contributed by atoms with van der Waals surface area (Å²) in [5.41, 5.74) is 0. The van der Waals surface area contributed by atoms with Gasteiger partial charge in [0.1, 0.15) is 12.5 Å². The highest BCUT2D eigenvalue weighted by Crippen LogP contribution is 2.38. The van der Waals surface area contributed by atoms with Gasteiger partial charge in [0.15, 0.2) is 0 Å². The van der Waals surface area contributed by atoms with E-state index < -0.39 is 24.4 Å². The lowest BCUT2D eigenvalue weighted by molar-refractivity contribution is -0.140. The summed E-state index contributed by atoms with van der Waals surface area (Å²) in [6, 6.07) is -1.10. The lowest BCUT2D eigenvalue weighted by Gasteiger charge is -2.21. The highest BCUT2D eigenvalue weighted by Gasteiger charge is 2.24. The van der Waals surface area contributed by atoms with Crippen LogP contribution in [0.25, 0.3) is 0 Å². The number of aliphatic carboxylic acids is 2. The first kappa shape index (κ1) is 16.5. The molecule has 0 radical (unpaired) electrons. The second-order valence-electron chi connectivity index (χ2n) is 3.73. The van der Waals surface area contributed by atoms with Crippen molar-refractivity contribution in [2.24, 2.45) is 0 Å². The van der Waals surface area contributed by atoms with Gasteiger partial charge in [-0.15, -0.1) is 0 Å². The second kappa shape index (κ2) is 7.76. The molecule has 0 bridgehead atoms. The Morgan fingerprint density at radius 3 is 2.41 bits per heavy atom. The third-order valence-corrected chi connectivity index (χ3v) is 4.62. The van der Waals surface area contributed by atoms with E-state index in [1.807, 2.05) is 6.92 Å². The zero-order valence-electron chi connectivity index (χ0n) is 9.63. The predicted octanol–water partition coefficient (Wildman–Crippen LogP) is 0.996. The van der Waals surface area contributed by atoms with Crippen LogP contribution in [0, 0.1) is 0 Å². The molecule has 6 nitrogen and oxygen atoms in total. The van der Waals surface area contributed by atoms with E-state index in [1.54, 1.807) is 0 Å². The fourth-order valence-corrected chi connectivity index (χ4v) is 3.56. The summed E-state index contributed by atoms with van der Waals surface area (Å²) >= 11 is 4.93. The van der Waals surface area contributed by atoms with Crippen LogP contribution in [0.2, 0.25) is 0 Å². The van der Waals surface area contributed by atoms with E-state index in [0.717, 1.165) is 6.42 Å². The Kier molecular flexibility index (Phi) is 7.54. The molecule has 0 aromatic heterocycles. The van der Waals surface area contributed by atoms with Crippen molar-refractivity contribution in [2.45, 2.75) is 38.6 Å². The Morgan fingerprint density at radius 1 is 1.41 bits per heavy atom. The van der Waals surface area contributed by atoms with E-state index in [9.17, 15) is 14.5 Å². The van der Waals surface area contributed by atoms with Crippen molar-refractivity contribution in [1.29, 1.82) is 0 Å². The first-order valence-corrected chi connectivity index (χ1v) is 8.26. The molecule has 17 heavy (non-hydrogen) atoms. The molecule has 0 spiro atoms. The molecule has 0 aliphatic rings. The van der Waals surface area contributed by atoms with Crippen LogP contribution in [-0.4, -0.2) is 39.2 Å². The summed E-state index contributed by atoms with van der Waals surface area (Å²) in [5.74, 6) is -2.26. The van der Waals surface area contributed by atoms with Crippen molar-refractivity contribution >= 4 is 30.2 Å². The van der Waals surface area contributed by atoms with Crippen LogP contribution in [-0.2, 0) is 21.4 Å². The maximum absolute atomic E-state index is 10.9. The maximum atomic E-state index is 10.9. The van der Waals surface area contributed by atoms with Gasteiger partial charge in [0.05, 0.1) is 0 Å². The fraction of sp³-hybridized carbons (Fsp3) is 0.778. The van der Waals surface area contributed by atoms with Crippen LogP contribution < -0.4 is 5.09 Å². The number of carbonyl (C=O) groups is 2. The molecule has 0 heterocycles. The third kappa shape index (κ3) is 8.26. The third-order valence-electron chi connectivity index (χ3n) is 2.12. The Hall–Kier alpha value is -0.490. The summed E-state index contributed by atoms with van der Waals surface area (Å²) in [4.78, 5) is 31.1. The largest absolute Gasteiger partial charge is 0.481 e. The second-order valence-corrected chi connectivity index (χ2v) is 7.65. The number of hydrogen-bond acceptors (Lipinski definition) is 3. The van der Waals surface area contributed by atoms with Crippen LogP contribution in [0.1, 0.15) is 32.6 Å². The van der Waals surface area contributed by atoms with Gasteiger partial charge in [-0.25, -0.2) is 0 Å². The number of carboxylic acid groups (broad SMARTS) is 2. The molecule has 8 heteroatoms. The van der Waals surface area contributed by atoms with Gasteiger partial charge in [0, 0.05) is 12.6 Å². The summed E-state index contributed by atoms with van der Waals surface area (Å²) in [7, 11) is 0. The van der Waals surface area contributed by atoms with Gasteiger partial charge in [-0.2, -0.15) is 0 Å². The molecule has 0 saturated heterocycles. The van der Waals surface area contributed by atoms with Crippen molar-refractivity contribution in [2.75, 3.05) is 6.16 Å². The minimum Gasteiger partial charge on any atom is -0.481 e. The average molecular weight is 283 g/mol. The smallest absolute Gasteiger partial charge is 0.321 e. The zero-order valence-corrected chi connectivity index (χ0v) is 11.3. The molecule has 0 aliphatic carbocycles. The lowest BCUT2D eigenvalue weighted by atomic mass is 10.2. The molecule has 0 rings (SSSR count). The molecule has 0 aliphatic heterocycles. The van der Waals surface area contributed by atoms with E-state index >= 15 is 0 Å². The SMILES string of the molecule is CCCCP(O)(=S)NC(CCC(=O)O)C(=O)O. The predicted molar refractivity (Wildman–Crippen MR) is 67.7 cm³/mol. The molecule has 2 unspecified atom stereocenters. The zero-order chi connectivity index (χ0) is 13.5. The molecule has 2 atom stereocenters. The van der Waals surface area contributed by atoms with Gasteiger partial charge in [0.25, 0.3) is 0 Å². The van der Waals surface area contributed by atoms with E-state index in [2.05, 4.69) is 5.09 Å². The molecule has 100 valence electrons. The van der Waals surface area contributed by atoms with E-state index in [1.165, 1.54) is 0 Å². The average Bonchev–Trinajstić information content (AvgIpc) is 2.20. The Labute approximate surface area is 105 Å². The first-order chi connectivity index (χ1) is 7.78. The highest BCUT2D eigenvalue weighted by molar-refractivity contribution is 8.10. The molecule has 4 N–H and O–H groups in total. The Morgan fingerprint density at radius 2 is 2.00 bits per heavy atom. The number of carboxylic acids is 2. The van der Waals surface area contributed by atoms with Gasteiger partial charge in [-0.05, 0) is 12.8 Å². The van der Waals surface area contributed by atoms with Crippen molar-refractivity contribution < 1.29 is 24.7 Å². The first-order valence-electron chi connectivity index (χ1n) is 5.32. The van der Waals surface area contributed by atoms with Gasteiger partial charge in [-0.1, -0.05) is 25.2 Å². The molecule has 0 aromatic carbocycles. The van der Waals surface area contributed by atoms with E-state index in [4.69, 9.17) is 22.0 Å². The van der Waals surface area contributed by atoms with Crippen molar-refractivity contribution in [3.05, 3.63) is 0 Å². The van der Waals surface area contributed by atoms with Crippen LogP contribution in [0.15, 0.2) is 0 Å². The van der Waals surface area contributed by atoms with Gasteiger partial charge >= 0.3 is 11.9 Å². The van der Waals surface area contributed by atoms with E-state index in [0.29, 0.717) is 12.6 Å². The summed E-state index contributed by atoms with van der Waals surface area (Å²) in [6.45, 7) is 1.94. The monoisotopic (exact) mass is 283 g/mol. The standard InChI is InChI=1S/C9H18NO5PS/c1-2-3-6-16(15,17)10-7(9(13)14)4-5-8(11)12/h7H,2-6H2,1H3,(H,11,12)(H,13,14)(H2,10,15,17). The molecular weight excluding hydrogens is 265 g/mol.